The highest BCUT2D eigenvalue weighted by molar-refractivity contribution is 5.95. The molecule has 1 amide bonds. The van der Waals surface area contributed by atoms with Gasteiger partial charge in [0.15, 0.2) is 11.6 Å². The van der Waals surface area contributed by atoms with E-state index in [1.807, 2.05) is 24.3 Å². The molecule has 3 aromatic rings. The van der Waals surface area contributed by atoms with Gasteiger partial charge in [0.2, 0.25) is 17.7 Å². The Morgan fingerprint density at radius 3 is 2.56 bits per heavy atom. The SMILES string of the molecule is O=C(C1CCC(F)(F)CC1)N(CCCCCc1nc(C2CC2)no1)c1cccc(-c2nc(CC3CC3)no2)c1. The lowest BCUT2D eigenvalue weighted by atomic mass is 9.85. The number of benzene rings is 1. The zero-order valence-electron chi connectivity index (χ0n) is 22.2. The largest absolute Gasteiger partial charge is 0.339 e. The first-order chi connectivity index (χ1) is 18.9. The molecule has 3 aliphatic carbocycles. The van der Waals surface area contributed by atoms with Crippen LogP contribution < -0.4 is 4.90 Å². The van der Waals surface area contributed by atoms with Gasteiger partial charge >= 0.3 is 0 Å². The Morgan fingerprint density at radius 2 is 1.79 bits per heavy atom. The third-order valence-electron chi connectivity index (χ3n) is 8.07. The monoisotopic (exact) mass is 539 g/mol. The maximum Gasteiger partial charge on any atom is 0.257 e. The minimum Gasteiger partial charge on any atom is -0.339 e. The summed E-state index contributed by atoms with van der Waals surface area (Å²) < 4.78 is 38.5. The van der Waals surface area contributed by atoms with Gasteiger partial charge in [-0.1, -0.05) is 22.8 Å². The molecule has 3 fully saturated rings. The van der Waals surface area contributed by atoms with Crippen LogP contribution in [0.2, 0.25) is 0 Å². The van der Waals surface area contributed by atoms with Crippen molar-refractivity contribution in [2.75, 3.05) is 11.4 Å². The van der Waals surface area contributed by atoms with E-state index in [4.69, 9.17) is 9.05 Å². The number of halogens is 2. The summed E-state index contributed by atoms with van der Waals surface area (Å²) in [4.78, 5) is 24.5. The van der Waals surface area contributed by atoms with Crippen LogP contribution in [0.4, 0.5) is 14.5 Å². The molecule has 1 aromatic carbocycles. The summed E-state index contributed by atoms with van der Waals surface area (Å²) in [7, 11) is 0. The third-order valence-corrected chi connectivity index (χ3v) is 8.07. The first-order valence-corrected chi connectivity index (χ1v) is 14.4. The number of amides is 1. The fourth-order valence-corrected chi connectivity index (χ4v) is 5.32. The number of nitrogens with zero attached hydrogens (tertiary/aromatic N) is 5. The van der Waals surface area contributed by atoms with Crippen molar-refractivity contribution >= 4 is 11.6 Å². The van der Waals surface area contributed by atoms with E-state index in [9.17, 15) is 13.6 Å². The minimum atomic E-state index is -2.67. The number of carbonyl (C=O) groups excluding carboxylic acids is 1. The molecule has 0 bridgehead atoms. The Hall–Kier alpha value is -3.17. The van der Waals surface area contributed by atoms with E-state index in [1.165, 1.54) is 12.8 Å². The minimum absolute atomic E-state index is 0.0893. The zero-order valence-corrected chi connectivity index (χ0v) is 22.2. The van der Waals surface area contributed by atoms with Crippen molar-refractivity contribution in [3.63, 3.8) is 0 Å². The van der Waals surface area contributed by atoms with Crippen molar-refractivity contribution < 1.29 is 22.6 Å². The first-order valence-electron chi connectivity index (χ1n) is 14.4. The standard InChI is InChI=1S/C29H35F2N5O3/c30-29(31)14-12-21(13-15-29)28(37)36(16-3-1-2-7-25-33-26(35-38-25)20-10-11-20)23-6-4-5-22(18-23)27-32-24(34-39-27)17-19-8-9-19/h4-6,18-21H,1-3,7-17H2. The van der Waals surface area contributed by atoms with Gasteiger partial charge in [-0.15, -0.1) is 0 Å². The van der Waals surface area contributed by atoms with Crippen molar-refractivity contribution in [2.45, 2.75) is 95.3 Å². The number of aromatic nitrogens is 4. The summed E-state index contributed by atoms with van der Waals surface area (Å²) in [5.41, 5.74) is 1.47. The quantitative estimate of drug-likeness (QED) is 0.242. The molecule has 0 saturated heterocycles. The van der Waals surface area contributed by atoms with E-state index in [2.05, 4.69) is 20.3 Å². The van der Waals surface area contributed by atoms with Crippen molar-refractivity contribution in [2.24, 2.45) is 11.8 Å². The predicted octanol–water partition coefficient (Wildman–Crippen LogP) is 6.52. The normalized spacial score (nSPS) is 19.3. The van der Waals surface area contributed by atoms with Crippen molar-refractivity contribution in [1.82, 2.24) is 20.3 Å². The average molecular weight is 540 g/mol. The Bertz CT molecular complexity index is 1270. The topological polar surface area (TPSA) is 98.2 Å². The number of hydrogen-bond donors (Lipinski definition) is 0. The van der Waals surface area contributed by atoms with E-state index >= 15 is 0 Å². The molecule has 10 heteroatoms. The van der Waals surface area contributed by atoms with Gasteiger partial charge in [-0.25, -0.2) is 8.78 Å². The molecule has 8 nitrogen and oxygen atoms in total. The number of aryl methyl sites for hydroxylation is 1. The summed E-state index contributed by atoms with van der Waals surface area (Å²) in [5, 5.41) is 8.20. The molecule has 0 unspecified atom stereocenters. The number of carbonyl (C=O) groups is 1. The van der Waals surface area contributed by atoms with Gasteiger partial charge in [0.05, 0.1) is 0 Å². The van der Waals surface area contributed by atoms with Crippen LogP contribution in [0.1, 0.15) is 94.1 Å². The lowest BCUT2D eigenvalue weighted by Crippen LogP contribution is -2.40. The summed E-state index contributed by atoms with van der Waals surface area (Å²) in [5.74, 6) is 0.580. The predicted molar refractivity (Wildman–Crippen MR) is 139 cm³/mol. The first kappa shape index (κ1) is 26.1. The molecule has 3 aliphatic rings. The average Bonchev–Trinajstić information content (AvgIpc) is 3.85. The van der Waals surface area contributed by atoms with Gasteiger partial charge in [-0.05, 0) is 75.5 Å². The Labute approximate surface area is 226 Å². The van der Waals surface area contributed by atoms with Crippen LogP contribution in [-0.4, -0.2) is 38.7 Å². The second-order valence-electron chi connectivity index (χ2n) is 11.5. The van der Waals surface area contributed by atoms with E-state index < -0.39 is 11.8 Å². The van der Waals surface area contributed by atoms with Crippen LogP contribution in [0, 0.1) is 11.8 Å². The smallest absolute Gasteiger partial charge is 0.257 e. The second kappa shape index (κ2) is 11.1. The van der Waals surface area contributed by atoms with Crippen LogP contribution in [0.5, 0.6) is 0 Å². The number of anilines is 1. The molecule has 208 valence electrons. The van der Waals surface area contributed by atoms with Gasteiger partial charge in [0, 0.05) is 55.3 Å². The molecular formula is C29H35F2N5O3. The third kappa shape index (κ3) is 6.70. The summed E-state index contributed by atoms with van der Waals surface area (Å²) in [6.07, 6.45) is 8.67. The van der Waals surface area contributed by atoms with Gasteiger partial charge in [-0.3, -0.25) is 4.79 Å². The Balaban J connectivity index is 1.11. The molecule has 2 heterocycles. The summed E-state index contributed by atoms with van der Waals surface area (Å²) in [6, 6.07) is 7.54. The van der Waals surface area contributed by atoms with Crippen LogP contribution >= 0.6 is 0 Å². The highest BCUT2D eigenvalue weighted by atomic mass is 19.3. The van der Waals surface area contributed by atoms with Crippen molar-refractivity contribution in [1.29, 1.82) is 0 Å². The van der Waals surface area contributed by atoms with Gasteiger partial charge in [0.1, 0.15) is 0 Å². The van der Waals surface area contributed by atoms with Crippen LogP contribution in [0.3, 0.4) is 0 Å². The van der Waals surface area contributed by atoms with Crippen LogP contribution in [-0.2, 0) is 17.6 Å². The highest BCUT2D eigenvalue weighted by Crippen LogP contribution is 2.39. The maximum absolute atomic E-state index is 13.8. The lowest BCUT2D eigenvalue weighted by Gasteiger charge is -2.32. The lowest BCUT2D eigenvalue weighted by molar-refractivity contribution is -0.126. The highest BCUT2D eigenvalue weighted by Gasteiger charge is 2.39. The fraction of sp³-hybridized carbons (Fsp3) is 0.621. The molecular weight excluding hydrogens is 504 g/mol. The number of hydrogen-bond acceptors (Lipinski definition) is 7. The molecule has 39 heavy (non-hydrogen) atoms. The maximum atomic E-state index is 13.8. The Morgan fingerprint density at radius 1 is 0.974 bits per heavy atom. The van der Waals surface area contributed by atoms with Gasteiger partial charge in [-0.2, -0.15) is 9.97 Å². The van der Waals surface area contributed by atoms with Crippen molar-refractivity contribution in [3.8, 4) is 11.5 Å². The van der Waals surface area contributed by atoms with Crippen LogP contribution in [0.25, 0.3) is 11.5 Å². The molecule has 0 spiro atoms. The number of rotatable bonds is 12. The van der Waals surface area contributed by atoms with Gasteiger partial charge in [0.25, 0.3) is 5.89 Å². The molecule has 6 rings (SSSR count). The van der Waals surface area contributed by atoms with E-state index in [-0.39, 0.29) is 31.6 Å². The van der Waals surface area contributed by atoms with E-state index in [0.717, 1.165) is 55.6 Å². The van der Waals surface area contributed by atoms with Gasteiger partial charge < -0.3 is 13.9 Å². The zero-order chi connectivity index (χ0) is 26.8. The molecule has 2 aromatic heterocycles. The van der Waals surface area contributed by atoms with E-state index in [0.29, 0.717) is 42.4 Å². The second-order valence-corrected chi connectivity index (χ2v) is 11.5. The molecule has 0 radical (unpaired) electrons. The van der Waals surface area contributed by atoms with Crippen molar-refractivity contribution in [3.05, 3.63) is 41.8 Å². The Kier molecular flexibility index (Phi) is 7.44. The van der Waals surface area contributed by atoms with E-state index in [1.54, 1.807) is 4.90 Å². The molecule has 0 aliphatic heterocycles. The molecule has 3 saturated carbocycles. The van der Waals surface area contributed by atoms with Crippen LogP contribution in [0.15, 0.2) is 33.3 Å². The molecule has 0 atom stereocenters. The summed E-state index contributed by atoms with van der Waals surface area (Å²) >= 11 is 0. The number of alkyl halides is 2. The molecule has 0 N–H and O–H groups in total. The number of unbranched alkanes of at least 4 members (excludes halogenated alkanes) is 2. The summed E-state index contributed by atoms with van der Waals surface area (Å²) in [6.45, 7) is 0.503. The fourth-order valence-electron chi connectivity index (χ4n) is 5.32.